The molecular weight excluding hydrogens is 286 g/mol. The number of benzene rings is 1. The van der Waals surface area contributed by atoms with Crippen molar-refractivity contribution < 1.29 is 19.0 Å². The van der Waals surface area contributed by atoms with Gasteiger partial charge >= 0.3 is 11.7 Å². The standard InChI is InChI=1S/C15H17N3O4/c1-4-22-15(19)14-13(17-20)10(2)16-18(14)9-11-5-7-12(21-3)8-6-11/h5-8H,4,9H2,1-3H3/p+1. The number of hydrogen-bond acceptors (Lipinski definition) is 5. The minimum Gasteiger partial charge on any atom is -0.497 e. The summed E-state index contributed by atoms with van der Waals surface area (Å²) in [5, 5.41) is 5.91. The zero-order valence-electron chi connectivity index (χ0n) is 12.8. The van der Waals surface area contributed by atoms with Gasteiger partial charge in [0.15, 0.2) is 6.54 Å². The predicted molar refractivity (Wildman–Crippen MR) is 79.2 cm³/mol. The number of ether oxygens (including phenoxy) is 2. The number of rotatable bonds is 6. The van der Waals surface area contributed by atoms with Crippen LogP contribution in [0.1, 0.15) is 28.7 Å². The molecule has 0 spiro atoms. The fourth-order valence-electron chi connectivity index (χ4n) is 2.17. The maximum atomic E-state index is 12.1. The van der Waals surface area contributed by atoms with Crippen molar-refractivity contribution in [2.24, 2.45) is 5.18 Å². The Kier molecular flexibility index (Phi) is 4.88. The fraction of sp³-hybridized carbons (Fsp3) is 0.333. The average Bonchev–Trinajstić information content (AvgIpc) is 2.83. The smallest absolute Gasteiger partial charge is 0.408 e. The van der Waals surface area contributed by atoms with Gasteiger partial charge in [-0.2, -0.15) is 5.10 Å². The van der Waals surface area contributed by atoms with Crippen molar-refractivity contribution >= 4 is 11.7 Å². The first-order valence-electron chi connectivity index (χ1n) is 6.86. The summed E-state index contributed by atoms with van der Waals surface area (Å²) in [4.78, 5) is 23.1. The van der Waals surface area contributed by atoms with Crippen molar-refractivity contribution in [3.63, 3.8) is 0 Å². The molecule has 0 unspecified atom stereocenters. The molecule has 0 amide bonds. The quantitative estimate of drug-likeness (QED) is 0.504. The van der Waals surface area contributed by atoms with E-state index < -0.39 is 5.97 Å². The highest BCUT2D eigenvalue weighted by Crippen LogP contribution is 2.21. The minimum absolute atomic E-state index is 0.0759. The van der Waals surface area contributed by atoms with Gasteiger partial charge in [0.1, 0.15) is 11.4 Å². The lowest BCUT2D eigenvalue weighted by Gasteiger charge is -2.01. The van der Waals surface area contributed by atoms with Crippen LogP contribution in [0, 0.1) is 11.8 Å². The number of esters is 1. The number of aromatic nitrogens is 2. The molecule has 0 aliphatic rings. The van der Waals surface area contributed by atoms with Gasteiger partial charge in [0, 0.05) is 5.56 Å². The Morgan fingerprint density at radius 3 is 2.55 bits per heavy atom. The summed E-state index contributed by atoms with van der Waals surface area (Å²) < 4.78 is 11.7. The normalized spacial score (nSPS) is 10.3. The van der Waals surface area contributed by atoms with E-state index in [1.165, 1.54) is 0 Å². The molecule has 1 heterocycles. The average molecular weight is 304 g/mol. The summed E-state index contributed by atoms with van der Waals surface area (Å²) in [6.45, 7) is 4.00. The third-order valence-electron chi connectivity index (χ3n) is 3.21. The lowest BCUT2D eigenvalue weighted by atomic mass is 10.2. The third-order valence-corrected chi connectivity index (χ3v) is 3.21. The van der Waals surface area contributed by atoms with Gasteiger partial charge in [-0.05, 0) is 43.3 Å². The van der Waals surface area contributed by atoms with Crippen LogP contribution in [-0.4, -0.2) is 24.8 Å². The second-order valence-corrected chi connectivity index (χ2v) is 4.68. The number of aromatic amines is 1. The number of hydrogen-bond donors (Lipinski definition) is 1. The first-order valence-corrected chi connectivity index (χ1v) is 6.86. The van der Waals surface area contributed by atoms with E-state index in [2.05, 4.69) is 10.3 Å². The molecule has 0 aliphatic carbocycles. The predicted octanol–water partition coefficient (Wildman–Crippen LogP) is 2.24. The van der Waals surface area contributed by atoms with Crippen molar-refractivity contribution in [2.45, 2.75) is 20.4 Å². The second-order valence-electron chi connectivity index (χ2n) is 4.68. The molecule has 7 nitrogen and oxygen atoms in total. The lowest BCUT2D eigenvalue weighted by molar-refractivity contribution is -0.744. The molecule has 116 valence electrons. The van der Waals surface area contributed by atoms with Crippen LogP contribution in [0.2, 0.25) is 0 Å². The Morgan fingerprint density at radius 2 is 2.00 bits per heavy atom. The van der Waals surface area contributed by atoms with E-state index in [0.29, 0.717) is 12.2 Å². The third kappa shape index (κ3) is 3.13. The Hall–Kier alpha value is -2.70. The first-order chi connectivity index (χ1) is 10.6. The monoisotopic (exact) mass is 304 g/mol. The summed E-state index contributed by atoms with van der Waals surface area (Å²) in [6, 6.07) is 7.42. The number of H-pyrrole nitrogens is 1. The zero-order valence-corrected chi connectivity index (χ0v) is 12.8. The molecule has 1 aromatic heterocycles. The minimum atomic E-state index is -0.574. The Bertz CT molecular complexity index is 677. The highest BCUT2D eigenvalue weighted by molar-refractivity contribution is 5.91. The van der Waals surface area contributed by atoms with Gasteiger partial charge in [-0.25, -0.2) is 4.79 Å². The van der Waals surface area contributed by atoms with Crippen LogP contribution < -0.4 is 9.42 Å². The number of nitrogens with zero attached hydrogens (tertiary/aromatic N) is 2. The molecule has 0 fully saturated rings. The molecule has 1 N–H and O–H groups in total. The van der Waals surface area contributed by atoms with Crippen LogP contribution in [0.3, 0.4) is 0 Å². The highest BCUT2D eigenvalue weighted by Gasteiger charge is 2.32. The van der Waals surface area contributed by atoms with E-state index in [1.807, 2.05) is 24.3 Å². The SMILES string of the molecule is CCOC(=O)c1c(N=O)c(C)[nH][n+]1Cc1ccc(OC)cc1. The molecule has 0 aliphatic heterocycles. The molecule has 0 saturated carbocycles. The Morgan fingerprint density at radius 1 is 1.32 bits per heavy atom. The number of nitrogens with one attached hydrogen (secondary N) is 1. The van der Waals surface area contributed by atoms with Gasteiger partial charge in [0.2, 0.25) is 5.69 Å². The summed E-state index contributed by atoms with van der Waals surface area (Å²) in [5.41, 5.74) is 1.67. The lowest BCUT2D eigenvalue weighted by Crippen LogP contribution is -2.42. The second kappa shape index (κ2) is 6.84. The van der Waals surface area contributed by atoms with Crippen LogP contribution in [0.25, 0.3) is 0 Å². The van der Waals surface area contributed by atoms with Gasteiger partial charge in [-0.15, -0.1) is 4.91 Å². The largest absolute Gasteiger partial charge is 0.497 e. The van der Waals surface area contributed by atoms with Gasteiger partial charge < -0.3 is 9.47 Å². The molecule has 0 radical (unpaired) electrons. The summed E-state index contributed by atoms with van der Waals surface area (Å²) in [5.74, 6) is 0.173. The zero-order chi connectivity index (χ0) is 16.1. The molecule has 22 heavy (non-hydrogen) atoms. The molecule has 0 bridgehead atoms. The molecule has 7 heteroatoms. The van der Waals surface area contributed by atoms with Crippen molar-refractivity contribution in [1.29, 1.82) is 0 Å². The topological polar surface area (TPSA) is 84.6 Å². The van der Waals surface area contributed by atoms with Crippen molar-refractivity contribution in [3.8, 4) is 5.75 Å². The molecule has 0 saturated heterocycles. The van der Waals surface area contributed by atoms with Crippen molar-refractivity contribution in [3.05, 3.63) is 46.1 Å². The van der Waals surface area contributed by atoms with Gasteiger partial charge in [-0.3, -0.25) is 0 Å². The number of aryl methyl sites for hydroxylation is 1. The van der Waals surface area contributed by atoms with Crippen molar-refractivity contribution in [2.75, 3.05) is 13.7 Å². The van der Waals surface area contributed by atoms with E-state index in [-0.39, 0.29) is 18.0 Å². The molecule has 2 aromatic rings. The van der Waals surface area contributed by atoms with E-state index in [9.17, 15) is 9.70 Å². The summed E-state index contributed by atoms with van der Waals surface area (Å²) in [6.07, 6.45) is 0. The van der Waals surface area contributed by atoms with Crippen LogP contribution >= 0.6 is 0 Å². The fourth-order valence-corrected chi connectivity index (χ4v) is 2.17. The maximum Gasteiger partial charge on any atom is 0.408 e. The highest BCUT2D eigenvalue weighted by atomic mass is 16.5. The van der Waals surface area contributed by atoms with E-state index in [4.69, 9.17) is 9.47 Å². The maximum absolute atomic E-state index is 12.1. The first kappa shape index (κ1) is 15.7. The van der Waals surface area contributed by atoms with Crippen LogP contribution in [0.5, 0.6) is 5.75 Å². The van der Waals surface area contributed by atoms with E-state index >= 15 is 0 Å². The summed E-state index contributed by atoms with van der Waals surface area (Å²) >= 11 is 0. The van der Waals surface area contributed by atoms with Crippen LogP contribution in [0.4, 0.5) is 5.69 Å². The van der Waals surface area contributed by atoms with E-state index in [1.54, 1.807) is 25.6 Å². The molecule has 2 rings (SSSR count). The molecule has 0 atom stereocenters. The molecular formula is C15H18N3O4+. The number of carbonyl (C=O) groups excluding carboxylic acids is 1. The number of nitroso groups, excluding NO2 is 1. The Balaban J connectivity index is 2.36. The molecule has 1 aromatic carbocycles. The van der Waals surface area contributed by atoms with Gasteiger partial charge in [0.05, 0.1) is 13.7 Å². The Labute approximate surface area is 127 Å². The van der Waals surface area contributed by atoms with Crippen molar-refractivity contribution in [1.82, 2.24) is 5.10 Å². The number of methoxy groups -OCH3 is 1. The van der Waals surface area contributed by atoms with E-state index in [0.717, 1.165) is 11.3 Å². The van der Waals surface area contributed by atoms with Crippen LogP contribution in [0.15, 0.2) is 29.4 Å². The van der Waals surface area contributed by atoms with Crippen LogP contribution in [-0.2, 0) is 11.3 Å². The van der Waals surface area contributed by atoms with Gasteiger partial charge in [-0.1, -0.05) is 4.68 Å². The summed E-state index contributed by atoms with van der Waals surface area (Å²) in [7, 11) is 1.60. The van der Waals surface area contributed by atoms with Gasteiger partial charge in [0.25, 0.3) is 0 Å². The number of carbonyl (C=O) groups is 1.